The van der Waals surface area contributed by atoms with Gasteiger partial charge < -0.3 is 19.5 Å². The molecule has 0 fully saturated rings. The summed E-state index contributed by atoms with van der Waals surface area (Å²) in [4.78, 5) is 14.4. The molecule has 0 unspecified atom stereocenters. The molecule has 0 radical (unpaired) electrons. The first-order valence-electron chi connectivity index (χ1n) is 14.5. The summed E-state index contributed by atoms with van der Waals surface area (Å²) in [6.07, 6.45) is 0. The summed E-state index contributed by atoms with van der Waals surface area (Å²) in [5, 5.41) is 8.41. The number of anilines is 1. The fourth-order valence-electron chi connectivity index (χ4n) is 5.91. The number of halogens is 2. The van der Waals surface area contributed by atoms with Crippen LogP contribution in [0.2, 0.25) is 10.0 Å². The van der Waals surface area contributed by atoms with Crippen molar-refractivity contribution in [1.29, 1.82) is 0 Å². The number of methoxy groups -OCH3 is 2. The Kier molecular flexibility index (Phi) is 8.95. The maximum absolute atomic E-state index is 14.4. The zero-order chi connectivity index (χ0) is 31.4. The number of benzene rings is 6. The number of esters is 1. The highest BCUT2D eigenvalue weighted by molar-refractivity contribution is 6.42. The second kappa shape index (κ2) is 13.2. The van der Waals surface area contributed by atoms with Gasteiger partial charge in [-0.3, -0.25) is 0 Å². The average molecular weight is 637 g/mol. The highest BCUT2D eigenvalue weighted by Gasteiger charge is 2.52. The molecule has 6 aromatic rings. The Morgan fingerprint density at radius 2 is 1.38 bits per heavy atom. The van der Waals surface area contributed by atoms with Gasteiger partial charge >= 0.3 is 5.97 Å². The van der Waals surface area contributed by atoms with Gasteiger partial charge in [-0.15, -0.1) is 0 Å². The van der Waals surface area contributed by atoms with E-state index in [4.69, 9.17) is 37.4 Å². The Labute approximate surface area is 272 Å². The number of hydrogen-bond donors (Lipinski definition) is 1. The van der Waals surface area contributed by atoms with Crippen LogP contribution in [-0.4, -0.2) is 20.2 Å². The van der Waals surface area contributed by atoms with Crippen LogP contribution in [0.15, 0.2) is 127 Å². The van der Waals surface area contributed by atoms with E-state index in [0.717, 1.165) is 27.1 Å². The van der Waals surface area contributed by atoms with Gasteiger partial charge in [0.15, 0.2) is 0 Å². The van der Waals surface area contributed by atoms with Gasteiger partial charge in [-0.2, -0.15) is 0 Å². The Hall–Kier alpha value is -4.55. The summed E-state index contributed by atoms with van der Waals surface area (Å²) in [5.74, 6) is 0.0968. The van der Waals surface area contributed by atoms with Crippen molar-refractivity contribution < 1.29 is 19.0 Å². The standard InChI is InChI=1S/C38H31Cl2NO4/c1-43-29-21-19-28(20-22-29)41-36(32-17-10-18-34(39)35(32)40)38(37(42)44-2,27-13-4-3-5-14-27)45-24-33-30-15-8-6-11-25(30)23-26-12-7-9-16-31(26)33/h3-23,36,41H,24H2,1-2H3/t36-,38-/m0/s1. The summed E-state index contributed by atoms with van der Waals surface area (Å²) < 4.78 is 18.0. The highest BCUT2D eigenvalue weighted by atomic mass is 35.5. The van der Waals surface area contributed by atoms with E-state index in [9.17, 15) is 4.79 Å². The van der Waals surface area contributed by atoms with Crippen LogP contribution in [0.4, 0.5) is 5.69 Å². The molecule has 6 aromatic carbocycles. The van der Waals surface area contributed by atoms with Crippen LogP contribution in [0.3, 0.4) is 0 Å². The molecule has 0 bridgehead atoms. The zero-order valence-electron chi connectivity index (χ0n) is 24.8. The van der Waals surface area contributed by atoms with Crippen LogP contribution in [0.25, 0.3) is 21.5 Å². The fourth-order valence-corrected chi connectivity index (χ4v) is 6.33. The first-order valence-corrected chi connectivity index (χ1v) is 15.2. The molecule has 0 heterocycles. The molecule has 0 aromatic heterocycles. The number of hydrogen-bond acceptors (Lipinski definition) is 5. The van der Waals surface area contributed by atoms with Crippen molar-refractivity contribution in [3.05, 3.63) is 154 Å². The zero-order valence-corrected chi connectivity index (χ0v) is 26.3. The van der Waals surface area contributed by atoms with Crippen molar-refractivity contribution in [2.45, 2.75) is 18.2 Å². The molecule has 1 N–H and O–H groups in total. The number of rotatable bonds is 10. The molecular weight excluding hydrogens is 605 g/mol. The number of ether oxygens (including phenoxy) is 3. The number of carbonyl (C=O) groups is 1. The fraction of sp³-hybridized carbons (Fsp3) is 0.132. The molecule has 0 saturated heterocycles. The second-order valence-corrected chi connectivity index (χ2v) is 11.4. The van der Waals surface area contributed by atoms with Crippen LogP contribution in [0.5, 0.6) is 5.75 Å². The lowest BCUT2D eigenvalue weighted by Crippen LogP contribution is -2.48. The first-order chi connectivity index (χ1) is 22.0. The van der Waals surface area contributed by atoms with Crippen molar-refractivity contribution in [2.24, 2.45) is 0 Å². The van der Waals surface area contributed by atoms with E-state index in [2.05, 4.69) is 35.6 Å². The van der Waals surface area contributed by atoms with Crippen LogP contribution < -0.4 is 10.1 Å². The Morgan fingerprint density at radius 3 is 2.00 bits per heavy atom. The largest absolute Gasteiger partial charge is 0.497 e. The minimum absolute atomic E-state index is 0.0881. The lowest BCUT2D eigenvalue weighted by atomic mass is 9.81. The molecule has 2 atom stereocenters. The maximum atomic E-state index is 14.4. The molecule has 5 nitrogen and oxygen atoms in total. The Bertz CT molecular complexity index is 1910. The van der Waals surface area contributed by atoms with Crippen molar-refractivity contribution in [3.63, 3.8) is 0 Å². The predicted molar refractivity (Wildman–Crippen MR) is 182 cm³/mol. The van der Waals surface area contributed by atoms with Gasteiger partial charge in [0.25, 0.3) is 0 Å². The molecule has 0 saturated carbocycles. The molecule has 45 heavy (non-hydrogen) atoms. The normalized spacial score (nSPS) is 13.2. The van der Waals surface area contributed by atoms with E-state index >= 15 is 0 Å². The predicted octanol–water partition coefficient (Wildman–Crippen LogP) is 9.75. The second-order valence-electron chi connectivity index (χ2n) is 10.6. The van der Waals surface area contributed by atoms with Crippen molar-refractivity contribution in [3.8, 4) is 5.75 Å². The van der Waals surface area contributed by atoms with Gasteiger partial charge in [-0.05, 0) is 74.6 Å². The average Bonchev–Trinajstić information content (AvgIpc) is 3.09. The summed E-state index contributed by atoms with van der Waals surface area (Å²) >= 11 is 13.5. The van der Waals surface area contributed by atoms with Crippen molar-refractivity contribution in [1.82, 2.24) is 0 Å². The van der Waals surface area contributed by atoms with E-state index in [1.165, 1.54) is 7.11 Å². The molecule has 0 aliphatic carbocycles. The van der Waals surface area contributed by atoms with Crippen molar-refractivity contribution >= 4 is 56.4 Å². The SMILES string of the molecule is COC(=O)[C@](OCc1c2ccccc2cc2ccccc12)(c1ccccc1)[C@@H](Nc1ccc(OC)cc1)c1cccc(Cl)c1Cl. The molecule has 0 amide bonds. The van der Waals surface area contributed by atoms with Gasteiger partial charge in [-0.25, -0.2) is 4.79 Å². The van der Waals surface area contributed by atoms with Gasteiger partial charge in [0.2, 0.25) is 5.60 Å². The smallest absolute Gasteiger partial charge is 0.345 e. The summed E-state index contributed by atoms with van der Waals surface area (Å²) in [7, 11) is 2.97. The lowest BCUT2D eigenvalue weighted by molar-refractivity contribution is -0.177. The van der Waals surface area contributed by atoms with Crippen LogP contribution >= 0.6 is 23.2 Å². The van der Waals surface area contributed by atoms with Gasteiger partial charge in [0.05, 0.1) is 36.9 Å². The molecule has 0 aliphatic rings. The Balaban J connectivity index is 1.59. The van der Waals surface area contributed by atoms with Gasteiger partial charge in [0.1, 0.15) is 5.75 Å². The molecule has 0 aliphatic heterocycles. The van der Waals surface area contributed by atoms with Crippen LogP contribution in [0.1, 0.15) is 22.7 Å². The first kappa shape index (κ1) is 30.5. The van der Waals surface area contributed by atoms with Crippen LogP contribution in [-0.2, 0) is 26.5 Å². The summed E-state index contributed by atoms with van der Waals surface area (Å²) in [6, 6.07) is 39.7. The van der Waals surface area contributed by atoms with E-state index in [-0.39, 0.29) is 6.61 Å². The van der Waals surface area contributed by atoms with Crippen molar-refractivity contribution in [2.75, 3.05) is 19.5 Å². The number of carbonyl (C=O) groups excluding carboxylic acids is 1. The minimum atomic E-state index is -1.72. The number of fused-ring (bicyclic) bond motifs is 2. The summed E-state index contributed by atoms with van der Waals surface area (Å²) in [5.41, 5.74) is 1.09. The summed E-state index contributed by atoms with van der Waals surface area (Å²) in [6.45, 7) is 0.0881. The molecule has 6 rings (SSSR count). The van der Waals surface area contributed by atoms with Gasteiger partial charge in [-0.1, -0.05) is 114 Å². The van der Waals surface area contributed by atoms with E-state index in [1.54, 1.807) is 19.2 Å². The van der Waals surface area contributed by atoms with E-state index in [1.807, 2.05) is 84.9 Å². The molecule has 226 valence electrons. The molecule has 0 spiro atoms. The number of nitrogens with one attached hydrogen (secondary N) is 1. The quantitative estimate of drug-likeness (QED) is 0.120. The monoisotopic (exact) mass is 635 g/mol. The van der Waals surface area contributed by atoms with E-state index in [0.29, 0.717) is 32.6 Å². The van der Waals surface area contributed by atoms with E-state index < -0.39 is 17.6 Å². The highest BCUT2D eigenvalue weighted by Crippen LogP contribution is 2.46. The molecule has 7 heteroatoms. The lowest BCUT2D eigenvalue weighted by Gasteiger charge is -2.40. The topological polar surface area (TPSA) is 56.8 Å². The third kappa shape index (κ3) is 5.83. The van der Waals surface area contributed by atoms with Gasteiger partial charge in [0, 0.05) is 5.69 Å². The third-order valence-electron chi connectivity index (χ3n) is 8.12. The molecular formula is C38H31Cl2NO4. The Morgan fingerprint density at radius 1 is 0.756 bits per heavy atom. The van der Waals surface area contributed by atoms with Crippen LogP contribution in [0, 0.1) is 0 Å². The maximum Gasteiger partial charge on any atom is 0.345 e. The minimum Gasteiger partial charge on any atom is -0.497 e. The third-order valence-corrected chi connectivity index (χ3v) is 8.95.